The monoisotopic (exact) mass is 558 g/mol. The van der Waals surface area contributed by atoms with Crippen molar-refractivity contribution in [1.82, 2.24) is 0 Å². The number of benzene rings is 2. The number of hydrogen-bond acceptors (Lipinski definition) is 4. The summed E-state index contributed by atoms with van der Waals surface area (Å²) in [7, 11) is 0. The predicted molar refractivity (Wildman–Crippen MR) is 173 cm³/mol. The first-order chi connectivity index (χ1) is 18.7. The zero-order valence-corrected chi connectivity index (χ0v) is 26.0. The minimum absolute atomic E-state index is 0.00388. The zero-order valence-electron chi connectivity index (χ0n) is 24.2. The topological polar surface area (TPSA) is 18.5 Å². The van der Waals surface area contributed by atoms with Crippen LogP contribution in [0.5, 0.6) is 11.5 Å². The summed E-state index contributed by atoms with van der Waals surface area (Å²) in [5.41, 5.74) is 2.31. The summed E-state index contributed by atoms with van der Waals surface area (Å²) in [6.45, 7) is 6.12. The maximum absolute atomic E-state index is 5.96. The minimum Gasteiger partial charge on any atom is -0.494 e. The Morgan fingerprint density at radius 3 is 1.05 bits per heavy atom. The standard InChI is InChI=1S/C34H54O2S2/c1-3-5-7-9-11-13-15-17-27-35-31-23-19-29(20-24-31)33(37)34(38)30-21-25-32(26-22-30)36-28-18-16-14-12-10-8-6-4-2/h19-26,33-34,37-38H,3-18,27-28H2,1-2H3. The summed E-state index contributed by atoms with van der Waals surface area (Å²) in [6, 6.07) is 16.7. The number of thiol groups is 2. The average molecular weight is 559 g/mol. The van der Waals surface area contributed by atoms with Gasteiger partial charge in [0.1, 0.15) is 11.5 Å². The molecule has 2 aromatic carbocycles. The van der Waals surface area contributed by atoms with Gasteiger partial charge in [0.2, 0.25) is 0 Å². The molecule has 2 rings (SSSR count). The van der Waals surface area contributed by atoms with E-state index >= 15 is 0 Å². The fraction of sp³-hybridized carbons (Fsp3) is 0.647. The number of ether oxygens (including phenoxy) is 2. The summed E-state index contributed by atoms with van der Waals surface area (Å²) in [4.78, 5) is 0. The highest BCUT2D eigenvalue weighted by molar-refractivity contribution is 7.84. The Bertz CT molecular complexity index is 737. The summed E-state index contributed by atoms with van der Waals surface area (Å²) in [5.74, 6) is 1.87. The fourth-order valence-corrected chi connectivity index (χ4v) is 5.43. The molecule has 0 amide bonds. The van der Waals surface area contributed by atoms with Gasteiger partial charge in [-0.15, -0.1) is 0 Å². The third kappa shape index (κ3) is 14.2. The van der Waals surface area contributed by atoms with Crippen molar-refractivity contribution in [2.24, 2.45) is 0 Å². The molecule has 2 atom stereocenters. The van der Waals surface area contributed by atoms with Crippen LogP contribution in [0.15, 0.2) is 48.5 Å². The van der Waals surface area contributed by atoms with E-state index in [-0.39, 0.29) is 10.5 Å². The second-order valence-corrected chi connectivity index (χ2v) is 11.8. The Morgan fingerprint density at radius 2 is 0.737 bits per heavy atom. The Hall–Kier alpha value is -1.26. The maximum atomic E-state index is 5.96. The van der Waals surface area contributed by atoms with E-state index in [9.17, 15) is 0 Å². The van der Waals surface area contributed by atoms with Crippen LogP contribution in [-0.2, 0) is 0 Å². The highest BCUT2D eigenvalue weighted by atomic mass is 32.1. The fourth-order valence-electron chi connectivity index (χ4n) is 4.74. The first kappa shape index (κ1) is 32.9. The van der Waals surface area contributed by atoms with Gasteiger partial charge in [0.25, 0.3) is 0 Å². The second-order valence-electron chi connectivity index (χ2n) is 10.7. The molecule has 0 aromatic heterocycles. The van der Waals surface area contributed by atoms with Gasteiger partial charge in [-0.25, -0.2) is 0 Å². The molecule has 0 saturated carbocycles. The van der Waals surface area contributed by atoms with Gasteiger partial charge in [0.15, 0.2) is 0 Å². The normalized spacial score (nSPS) is 12.8. The lowest BCUT2D eigenvalue weighted by molar-refractivity contribution is 0.304. The lowest BCUT2D eigenvalue weighted by Crippen LogP contribution is -2.02. The smallest absolute Gasteiger partial charge is 0.119 e. The van der Waals surface area contributed by atoms with Crippen molar-refractivity contribution in [2.45, 2.75) is 127 Å². The summed E-state index contributed by atoms with van der Waals surface area (Å²) < 4.78 is 11.9. The highest BCUT2D eigenvalue weighted by Crippen LogP contribution is 2.39. The molecule has 2 nitrogen and oxygen atoms in total. The van der Waals surface area contributed by atoms with Gasteiger partial charge in [0, 0.05) is 10.5 Å². The third-order valence-electron chi connectivity index (χ3n) is 7.28. The van der Waals surface area contributed by atoms with Gasteiger partial charge in [-0.1, -0.05) is 128 Å². The van der Waals surface area contributed by atoms with E-state index in [1.54, 1.807) is 0 Å². The van der Waals surface area contributed by atoms with Gasteiger partial charge < -0.3 is 9.47 Å². The van der Waals surface area contributed by atoms with Gasteiger partial charge in [-0.2, -0.15) is 25.3 Å². The molecule has 0 aliphatic rings. The molecule has 38 heavy (non-hydrogen) atoms. The van der Waals surface area contributed by atoms with E-state index in [2.05, 4.69) is 62.4 Å². The molecule has 2 unspecified atom stereocenters. The van der Waals surface area contributed by atoms with Crippen LogP contribution in [0.1, 0.15) is 138 Å². The molecule has 0 aliphatic carbocycles. The predicted octanol–water partition coefficient (Wildman–Crippen LogP) is 11.4. The Balaban J connectivity index is 1.63. The van der Waals surface area contributed by atoms with Crippen LogP contribution in [0.2, 0.25) is 0 Å². The van der Waals surface area contributed by atoms with E-state index in [0.29, 0.717) is 0 Å². The molecule has 0 heterocycles. The van der Waals surface area contributed by atoms with Crippen LogP contribution in [0, 0.1) is 0 Å². The van der Waals surface area contributed by atoms with Gasteiger partial charge in [-0.05, 0) is 48.2 Å². The molecular weight excluding hydrogens is 505 g/mol. The van der Waals surface area contributed by atoms with E-state index in [0.717, 1.165) is 48.7 Å². The van der Waals surface area contributed by atoms with E-state index < -0.39 is 0 Å². The summed E-state index contributed by atoms with van der Waals surface area (Å²) >= 11 is 9.79. The highest BCUT2D eigenvalue weighted by Gasteiger charge is 2.18. The van der Waals surface area contributed by atoms with Crippen molar-refractivity contribution < 1.29 is 9.47 Å². The van der Waals surface area contributed by atoms with Crippen molar-refractivity contribution in [2.75, 3.05) is 13.2 Å². The lowest BCUT2D eigenvalue weighted by atomic mass is 10.0. The van der Waals surface area contributed by atoms with Gasteiger partial charge >= 0.3 is 0 Å². The second kappa shape index (κ2) is 21.5. The van der Waals surface area contributed by atoms with Gasteiger partial charge in [0.05, 0.1) is 13.2 Å². The first-order valence-corrected chi connectivity index (χ1v) is 16.5. The third-order valence-corrected chi connectivity index (χ3v) is 8.70. The quantitative estimate of drug-likeness (QED) is 0.104. The molecule has 0 N–H and O–H groups in total. The first-order valence-electron chi connectivity index (χ1n) is 15.5. The molecular formula is C34H54O2S2. The van der Waals surface area contributed by atoms with Gasteiger partial charge in [-0.3, -0.25) is 0 Å². The van der Waals surface area contributed by atoms with Crippen LogP contribution < -0.4 is 9.47 Å². The average Bonchev–Trinajstić information content (AvgIpc) is 2.95. The van der Waals surface area contributed by atoms with E-state index in [4.69, 9.17) is 34.7 Å². The molecule has 0 aliphatic heterocycles. The lowest BCUT2D eigenvalue weighted by Gasteiger charge is -2.20. The summed E-state index contributed by atoms with van der Waals surface area (Å²) in [6.07, 6.45) is 21.0. The molecule has 0 bridgehead atoms. The maximum Gasteiger partial charge on any atom is 0.119 e. The largest absolute Gasteiger partial charge is 0.494 e. The Morgan fingerprint density at radius 1 is 0.447 bits per heavy atom. The minimum atomic E-state index is 0.00388. The number of unbranched alkanes of at least 4 members (excludes halogenated alkanes) is 14. The van der Waals surface area contributed by atoms with Crippen molar-refractivity contribution in [3.63, 3.8) is 0 Å². The van der Waals surface area contributed by atoms with Crippen molar-refractivity contribution >= 4 is 25.3 Å². The van der Waals surface area contributed by atoms with Crippen LogP contribution in [0.3, 0.4) is 0 Å². The van der Waals surface area contributed by atoms with Crippen molar-refractivity contribution in [1.29, 1.82) is 0 Å². The SMILES string of the molecule is CCCCCCCCCCOc1ccc(C(S)C(S)c2ccc(OCCCCCCCCCC)cc2)cc1. The van der Waals surface area contributed by atoms with Crippen LogP contribution in [0.25, 0.3) is 0 Å². The number of hydrogen-bond donors (Lipinski definition) is 2. The Labute approximate surface area is 245 Å². The summed E-state index contributed by atoms with van der Waals surface area (Å²) in [5, 5.41) is 0.00775. The molecule has 214 valence electrons. The zero-order chi connectivity index (χ0) is 27.3. The van der Waals surface area contributed by atoms with Crippen molar-refractivity contribution in [3.8, 4) is 11.5 Å². The molecule has 2 aromatic rings. The van der Waals surface area contributed by atoms with E-state index in [1.165, 1.54) is 89.9 Å². The van der Waals surface area contributed by atoms with Crippen LogP contribution in [-0.4, -0.2) is 13.2 Å². The molecule has 0 saturated heterocycles. The van der Waals surface area contributed by atoms with E-state index in [1.807, 2.05) is 0 Å². The molecule has 0 spiro atoms. The molecule has 0 fully saturated rings. The Kier molecular flexibility index (Phi) is 18.7. The molecule has 4 heteroatoms. The number of rotatable bonds is 23. The van der Waals surface area contributed by atoms with Crippen LogP contribution in [0.4, 0.5) is 0 Å². The van der Waals surface area contributed by atoms with Crippen molar-refractivity contribution in [3.05, 3.63) is 59.7 Å². The van der Waals surface area contributed by atoms with Crippen LogP contribution >= 0.6 is 25.3 Å². The molecule has 0 radical (unpaired) electrons.